The Hall–Kier alpha value is -0.670. The van der Waals surface area contributed by atoms with E-state index in [1.54, 1.807) is 0 Å². The zero-order valence-corrected chi connectivity index (χ0v) is 11.1. The van der Waals surface area contributed by atoms with E-state index in [9.17, 15) is 4.21 Å². The predicted molar refractivity (Wildman–Crippen MR) is 69.9 cm³/mol. The van der Waals surface area contributed by atoms with Gasteiger partial charge in [0.05, 0.1) is 10.8 Å². The van der Waals surface area contributed by atoms with Crippen LogP contribution in [-0.2, 0) is 10.8 Å². The maximum Gasteiger partial charge on any atom is 0.0547 e. The van der Waals surface area contributed by atoms with Crippen molar-refractivity contribution in [1.29, 1.82) is 0 Å². The summed E-state index contributed by atoms with van der Waals surface area (Å²) in [5.74, 6) is 0.979. The van der Waals surface area contributed by atoms with Gasteiger partial charge in [-0.15, -0.1) is 0 Å². The lowest BCUT2D eigenvalue weighted by Gasteiger charge is -2.18. The van der Waals surface area contributed by atoms with Crippen LogP contribution in [0, 0.1) is 12.8 Å². The topological polar surface area (TPSA) is 43.1 Å². The summed E-state index contributed by atoms with van der Waals surface area (Å²) in [7, 11) is -0.972. The van der Waals surface area contributed by atoms with E-state index in [-0.39, 0.29) is 6.04 Å². The van der Waals surface area contributed by atoms with Crippen LogP contribution in [0.3, 0.4) is 0 Å². The smallest absolute Gasteiger partial charge is 0.0547 e. The molecule has 0 saturated heterocycles. The van der Waals surface area contributed by atoms with Crippen LogP contribution in [0.2, 0.25) is 0 Å². The molecule has 1 aromatic rings. The molecule has 0 aliphatic carbocycles. The Kier molecular flexibility index (Phi) is 5.16. The van der Waals surface area contributed by atoms with E-state index in [4.69, 9.17) is 5.73 Å². The van der Waals surface area contributed by atoms with Crippen LogP contribution in [0.15, 0.2) is 29.2 Å². The molecule has 0 heterocycles. The van der Waals surface area contributed by atoms with Gasteiger partial charge in [-0.3, -0.25) is 4.21 Å². The molecular weight excluding hydrogens is 218 g/mol. The molecule has 3 atom stereocenters. The fraction of sp³-hybridized carbons (Fsp3) is 0.538. The van der Waals surface area contributed by atoms with Gasteiger partial charge in [-0.2, -0.15) is 0 Å². The van der Waals surface area contributed by atoms with E-state index in [1.807, 2.05) is 31.2 Å². The SMILES string of the molecule is CCC(C)C(N)CS(=O)c1ccccc1C. The highest BCUT2D eigenvalue weighted by Crippen LogP contribution is 2.15. The molecule has 1 rings (SSSR count). The molecule has 2 N–H and O–H groups in total. The molecule has 2 nitrogen and oxygen atoms in total. The molecule has 0 amide bonds. The molecule has 0 fully saturated rings. The van der Waals surface area contributed by atoms with Crippen LogP contribution in [0.5, 0.6) is 0 Å². The van der Waals surface area contributed by atoms with E-state index >= 15 is 0 Å². The zero-order valence-electron chi connectivity index (χ0n) is 10.3. The van der Waals surface area contributed by atoms with Gasteiger partial charge in [0, 0.05) is 16.7 Å². The Morgan fingerprint density at radius 2 is 2.00 bits per heavy atom. The first-order chi connectivity index (χ1) is 7.56. The Morgan fingerprint density at radius 3 is 2.56 bits per heavy atom. The van der Waals surface area contributed by atoms with E-state index in [2.05, 4.69) is 13.8 Å². The molecule has 1 aromatic carbocycles. The van der Waals surface area contributed by atoms with Crippen molar-refractivity contribution in [1.82, 2.24) is 0 Å². The number of rotatable bonds is 5. The lowest BCUT2D eigenvalue weighted by molar-refractivity contribution is 0.472. The molecule has 0 aromatic heterocycles. The molecular formula is C13H21NOS. The van der Waals surface area contributed by atoms with Gasteiger partial charge in [0.15, 0.2) is 0 Å². The fourth-order valence-corrected chi connectivity index (χ4v) is 3.06. The third kappa shape index (κ3) is 3.42. The summed E-state index contributed by atoms with van der Waals surface area (Å²) >= 11 is 0. The molecule has 0 spiro atoms. The summed E-state index contributed by atoms with van der Waals surface area (Å²) in [4.78, 5) is 0.918. The van der Waals surface area contributed by atoms with Gasteiger partial charge in [0.1, 0.15) is 0 Å². The maximum atomic E-state index is 12.1. The van der Waals surface area contributed by atoms with Crippen molar-refractivity contribution in [2.24, 2.45) is 11.7 Å². The van der Waals surface area contributed by atoms with Crippen molar-refractivity contribution in [3.63, 3.8) is 0 Å². The maximum absolute atomic E-state index is 12.1. The average molecular weight is 239 g/mol. The van der Waals surface area contributed by atoms with Crippen molar-refractivity contribution in [2.75, 3.05) is 5.75 Å². The quantitative estimate of drug-likeness (QED) is 0.858. The lowest BCUT2D eigenvalue weighted by atomic mass is 10.0. The third-order valence-corrected chi connectivity index (χ3v) is 4.69. The highest BCUT2D eigenvalue weighted by molar-refractivity contribution is 7.85. The largest absolute Gasteiger partial charge is 0.327 e. The van der Waals surface area contributed by atoms with Crippen molar-refractivity contribution in [2.45, 2.75) is 38.1 Å². The van der Waals surface area contributed by atoms with Crippen LogP contribution >= 0.6 is 0 Å². The molecule has 0 aliphatic heterocycles. The third-order valence-electron chi connectivity index (χ3n) is 3.06. The average Bonchev–Trinajstić information content (AvgIpc) is 2.28. The van der Waals surface area contributed by atoms with Crippen LogP contribution in [-0.4, -0.2) is 16.0 Å². The second-order valence-corrected chi connectivity index (χ2v) is 5.79. The van der Waals surface area contributed by atoms with E-state index < -0.39 is 10.8 Å². The molecule has 0 bridgehead atoms. The van der Waals surface area contributed by atoms with E-state index in [0.717, 1.165) is 16.9 Å². The number of aryl methyl sites for hydroxylation is 1. The van der Waals surface area contributed by atoms with Gasteiger partial charge in [-0.05, 0) is 24.5 Å². The molecule has 0 saturated carbocycles. The highest BCUT2D eigenvalue weighted by atomic mass is 32.2. The molecule has 3 unspecified atom stereocenters. The van der Waals surface area contributed by atoms with Crippen LogP contribution in [0.4, 0.5) is 0 Å². The van der Waals surface area contributed by atoms with Crippen molar-refractivity contribution < 1.29 is 4.21 Å². The first kappa shape index (κ1) is 13.4. The van der Waals surface area contributed by atoms with Gasteiger partial charge in [0.2, 0.25) is 0 Å². The molecule has 90 valence electrons. The number of benzene rings is 1. The standard InChI is InChI=1S/C13H21NOS/c1-4-10(2)12(14)9-16(15)13-8-6-5-7-11(13)3/h5-8,10,12H,4,9,14H2,1-3H3. The second-order valence-electron chi connectivity index (χ2n) is 4.33. The predicted octanol–water partition coefficient (Wildman–Crippen LogP) is 2.48. The summed E-state index contributed by atoms with van der Waals surface area (Å²) < 4.78 is 12.1. The summed E-state index contributed by atoms with van der Waals surface area (Å²) in [5.41, 5.74) is 7.10. The van der Waals surface area contributed by atoms with Crippen molar-refractivity contribution >= 4 is 10.8 Å². The van der Waals surface area contributed by atoms with Crippen LogP contribution < -0.4 is 5.73 Å². The van der Waals surface area contributed by atoms with Crippen molar-refractivity contribution in [3.8, 4) is 0 Å². The van der Waals surface area contributed by atoms with Gasteiger partial charge in [0.25, 0.3) is 0 Å². The zero-order chi connectivity index (χ0) is 12.1. The highest BCUT2D eigenvalue weighted by Gasteiger charge is 2.16. The van der Waals surface area contributed by atoms with Crippen LogP contribution in [0.1, 0.15) is 25.8 Å². The Morgan fingerprint density at radius 1 is 1.38 bits per heavy atom. The first-order valence-corrected chi connectivity index (χ1v) is 7.07. The summed E-state index contributed by atoms with van der Waals surface area (Å²) in [5, 5.41) is 0. The van der Waals surface area contributed by atoms with Crippen LogP contribution in [0.25, 0.3) is 0 Å². The molecule has 0 radical (unpaired) electrons. The van der Waals surface area contributed by atoms with Gasteiger partial charge < -0.3 is 5.73 Å². The fourth-order valence-electron chi connectivity index (χ4n) is 1.54. The normalized spacial score (nSPS) is 16.8. The minimum Gasteiger partial charge on any atom is -0.327 e. The Bertz CT molecular complexity index is 365. The minimum absolute atomic E-state index is 0.0189. The van der Waals surface area contributed by atoms with Gasteiger partial charge >= 0.3 is 0 Å². The Balaban J connectivity index is 2.70. The number of nitrogens with two attached hydrogens (primary N) is 1. The first-order valence-electron chi connectivity index (χ1n) is 5.75. The summed E-state index contributed by atoms with van der Waals surface area (Å²) in [6.45, 7) is 6.21. The van der Waals surface area contributed by atoms with Crippen molar-refractivity contribution in [3.05, 3.63) is 29.8 Å². The number of hydrogen-bond acceptors (Lipinski definition) is 2. The monoisotopic (exact) mass is 239 g/mol. The van der Waals surface area contributed by atoms with Gasteiger partial charge in [-0.1, -0.05) is 38.5 Å². The number of hydrogen-bond donors (Lipinski definition) is 1. The lowest BCUT2D eigenvalue weighted by Crippen LogP contribution is -2.33. The second kappa shape index (κ2) is 6.16. The van der Waals surface area contributed by atoms with E-state index in [1.165, 1.54) is 0 Å². The minimum atomic E-state index is -0.972. The Labute approximate surface area is 101 Å². The molecule has 3 heteroatoms. The molecule has 0 aliphatic rings. The van der Waals surface area contributed by atoms with E-state index in [0.29, 0.717) is 11.7 Å². The van der Waals surface area contributed by atoms with Gasteiger partial charge in [-0.25, -0.2) is 0 Å². The summed E-state index contributed by atoms with van der Waals surface area (Å²) in [6.07, 6.45) is 1.03. The summed E-state index contributed by atoms with van der Waals surface area (Å²) in [6, 6.07) is 7.82. The molecule has 16 heavy (non-hydrogen) atoms.